The quantitative estimate of drug-likeness (QED) is 0.674. The molecule has 1 aromatic heterocycles. The summed E-state index contributed by atoms with van der Waals surface area (Å²) in [6, 6.07) is 5.37. The molecule has 72 valence electrons. The molecule has 0 spiro atoms. The Morgan fingerprint density at radius 1 is 1.43 bits per heavy atom. The normalized spacial score (nSPS) is 16.5. The molecule has 0 radical (unpaired) electrons. The van der Waals surface area contributed by atoms with Crippen molar-refractivity contribution in [3.8, 4) is 5.69 Å². The molecule has 0 aliphatic heterocycles. The Morgan fingerprint density at radius 2 is 2.14 bits per heavy atom. The van der Waals surface area contributed by atoms with E-state index >= 15 is 0 Å². The molecular formula is C11H12N2O. The standard InChI is InChI=1S/C11H12N2O/c1-9-8-11(14)13(12(9)2)10-6-4-3-5-7-10/h3-8H,1-2H3/i1D3,4D,5D. The van der Waals surface area contributed by atoms with Crippen LogP contribution >= 0.6 is 0 Å². The Balaban J connectivity index is 2.70. The van der Waals surface area contributed by atoms with Gasteiger partial charge >= 0.3 is 0 Å². The van der Waals surface area contributed by atoms with Gasteiger partial charge < -0.3 is 0 Å². The number of rotatable bonds is 1. The predicted octanol–water partition coefficient (Wildman–Crippen LogP) is 1.48. The molecule has 0 aliphatic carbocycles. The van der Waals surface area contributed by atoms with E-state index in [-0.39, 0.29) is 17.8 Å². The van der Waals surface area contributed by atoms with Gasteiger partial charge in [-0.3, -0.25) is 9.48 Å². The van der Waals surface area contributed by atoms with Gasteiger partial charge in [0.1, 0.15) is 0 Å². The van der Waals surface area contributed by atoms with Crippen LogP contribution in [0.15, 0.2) is 41.1 Å². The summed E-state index contributed by atoms with van der Waals surface area (Å²) in [5.74, 6) is 0. The average Bonchev–Trinajstić information content (AvgIpc) is 2.52. The lowest BCUT2D eigenvalue weighted by molar-refractivity contribution is 0.630. The van der Waals surface area contributed by atoms with Crippen molar-refractivity contribution < 1.29 is 6.85 Å². The fourth-order valence-electron chi connectivity index (χ4n) is 1.29. The molecular weight excluding hydrogens is 176 g/mol. The Labute approximate surface area is 89.2 Å². The van der Waals surface area contributed by atoms with Gasteiger partial charge in [-0.25, -0.2) is 4.68 Å². The van der Waals surface area contributed by atoms with Crippen molar-refractivity contribution >= 4 is 0 Å². The smallest absolute Gasteiger partial charge is 0.271 e. The van der Waals surface area contributed by atoms with Gasteiger partial charge in [-0.05, 0) is 19.0 Å². The molecule has 2 rings (SSSR count). The van der Waals surface area contributed by atoms with E-state index in [0.717, 1.165) is 10.7 Å². The van der Waals surface area contributed by atoms with Crippen LogP contribution in [0.4, 0.5) is 0 Å². The van der Waals surface area contributed by atoms with Crippen molar-refractivity contribution in [3.63, 3.8) is 0 Å². The number of benzene rings is 1. The zero-order chi connectivity index (χ0) is 14.4. The second kappa shape index (κ2) is 3.18. The molecule has 0 saturated carbocycles. The Morgan fingerprint density at radius 3 is 2.71 bits per heavy atom. The lowest BCUT2D eigenvalue weighted by Crippen LogP contribution is -2.18. The van der Waals surface area contributed by atoms with E-state index in [1.807, 2.05) is 0 Å². The van der Waals surface area contributed by atoms with Crippen LogP contribution in [0.1, 0.15) is 12.5 Å². The molecule has 14 heavy (non-hydrogen) atoms. The van der Waals surface area contributed by atoms with Crippen molar-refractivity contribution in [2.45, 2.75) is 6.85 Å². The largest absolute Gasteiger partial charge is 0.285 e. The minimum absolute atomic E-state index is 0.0839. The molecule has 1 aromatic carbocycles. The third kappa shape index (κ3) is 1.27. The van der Waals surface area contributed by atoms with Gasteiger partial charge in [-0.15, -0.1) is 0 Å². The maximum Gasteiger partial charge on any atom is 0.271 e. The molecule has 3 nitrogen and oxygen atoms in total. The predicted molar refractivity (Wildman–Crippen MR) is 55.7 cm³/mol. The SMILES string of the molecule is [2H]c1cc([2H])cc(-n2c(=O)cc(C([2H])([2H])[2H])n2C)c1. The van der Waals surface area contributed by atoms with E-state index < -0.39 is 12.4 Å². The van der Waals surface area contributed by atoms with Crippen LogP contribution in [0.3, 0.4) is 0 Å². The highest BCUT2D eigenvalue weighted by molar-refractivity contribution is 5.30. The average molecular weight is 193 g/mol. The van der Waals surface area contributed by atoms with Crippen LogP contribution in [0.2, 0.25) is 0 Å². The summed E-state index contributed by atoms with van der Waals surface area (Å²) in [5.41, 5.74) is -0.279. The number of nitrogens with zero attached hydrogens (tertiary/aromatic N) is 2. The molecule has 1 heterocycles. The summed E-state index contributed by atoms with van der Waals surface area (Å²) < 4.78 is 39.5. The number of hydrogen-bond donors (Lipinski definition) is 0. The summed E-state index contributed by atoms with van der Waals surface area (Å²) >= 11 is 0. The fourth-order valence-corrected chi connectivity index (χ4v) is 1.29. The van der Waals surface area contributed by atoms with Gasteiger partial charge in [-0.1, -0.05) is 18.2 Å². The van der Waals surface area contributed by atoms with E-state index in [2.05, 4.69) is 0 Å². The highest BCUT2D eigenvalue weighted by Crippen LogP contribution is 2.04. The third-order valence-corrected chi connectivity index (χ3v) is 1.99. The molecule has 3 heteroatoms. The number of aryl methyl sites for hydroxylation is 1. The molecule has 0 saturated heterocycles. The molecule has 0 bridgehead atoms. The van der Waals surface area contributed by atoms with Crippen LogP contribution in [0, 0.1) is 6.85 Å². The highest BCUT2D eigenvalue weighted by atomic mass is 16.1. The van der Waals surface area contributed by atoms with E-state index in [1.54, 1.807) is 0 Å². The van der Waals surface area contributed by atoms with Crippen molar-refractivity contribution in [1.82, 2.24) is 9.36 Å². The van der Waals surface area contributed by atoms with Crippen LogP contribution < -0.4 is 5.56 Å². The number of hydrogen-bond acceptors (Lipinski definition) is 1. The zero-order valence-electron chi connectivity index (χ0n) is 12.6. The molecule has 0 aliphatic rings. The first-order chi connectivity index (χ1) is 8.70. The van der Waals surface area contributed by atoms with E-state index in [9.17, 15) is 4.79 Å². The first-order valence-electron chi connectivity index (χ1n) is 6.58. The van der Waals surface area contributed by atoms with E-state index in [4.69, 9.17) is 6.85 Å². The molecule has 2 aromatic rings. The van der Waals surface area contributed by atoms with Crippen LogP contribution in [-0.2, 0) is 7.05 Å². The summed E-state index contributed by atoms with van der Waals surface area (Å²) in [6.45, 7) is -2.39. The maximum absolute atomic E-state index is 11.9. The van der Waals surface area contributed by atoms with Crippen molar-refractivity contribution in [1.29, 1.82) is 0 Å². The number of para-hydroxylation sites is 1. The third-order valence-electron chi connectivity index (χ3n) is 1.99. The molecule has 0 N–H and O–H groups in total. The Bertz CT molecular complexity index is 663. The summed E-state index contributed by atoms with van der Waals surface area (Å²) in [7, 11) is 1.46. The molecule has 0 atom stereocenters. The Hall–Kier alpha value is -1.77. The van der Waals surface area contributed by atoms with Crippen LogP contribution in [0.25, 0.3) is 5.69 Å². The van der Waals surface area contributed by atoms with Crippen LogP contribution in [-0.4, -0.2) is 9.36 Å². The molecule has 0 unspecified atom stereocenters. The van der Waals surface area contributed by atoms with Gasteiger partial charge in [0, 0.05) is 22.9 Å². The summed E-state index contributed by atoms with van der Waals surface area (Å²) in [5, 5.41) is 0. The minimum Gasteiger partial charge on any atom is -0.285 e. The van der Waals surface area contributed by atoms with Crippen molar-refractivity contribution in [2.75, 3.05) is 0 Å². The second-order valence-electron chi connectivity index (χ2n) is 2.89. The van der Waals surface area contributed by atoms with Gasteiger partial charge in [0.05, 0.1) is 8.43 Å². The first-order valence-corrected chi connectivity index (χ1v) is 4.08. The topological polar surface area (TPSA) is 26.9 Å². The summed E-state index contributed by atoms with van der Waals surface area (Å²) in [6.07, 6.45) is 0. The van der Waals surface area contributed by atoms with Gasteiger partial charge in [0.15, 0.2) is 0 Å². The van der Waals surface area contributed by atoms with Crippen molar-refractivity contribution in [3.05, 3.63) is 52.4 Å². The second-order valence-corrected chi connectivity index (χ2v) is 2.89. The maximum atomic E-state index is 11.9. The van der Waals surface area contributed by atoms with Crippen LogP contribution in [0.5, 0.6) is 0 Å². The highest BCUT2D eigenvalue weighted by Gasteiger charge is 2.05. The van der Waals surface area contributed by atoms with Gasteiger partial charge in [-0.2, -0.15) is 0 Å². The van der Waals surface area contributed by atoms with Gasteiger partial charge in [0.2, 0.25) is 0 Å². The number of aromatic nitrogens is 2. The van der Waals surface area contributed by atoms with E-state index in [0.29, 0.717) is 5.69 Å². The van der Waals surface area contributed by atoms with Crippen molar-refractivity contribution in [2.24, 2.45) is 7.05 Å². The molecule has 0 amide bonds. The minimum atomic E-state index is -2.39. The zero-order valence-corrected chi connectivity index (χ0v) is 7.61. The fraction of sp³-hybridized carbons (Fsp3) is 0.182. The lowest BCUT2D eigenvalue weighted by atomic mass is 10.3. The van der Waals surface area contributed by atoms with Gasteiger partial charge in [0.25, 0.3) is 5.56 Å². The monoisotopic (exact) mass is 193 g/mol. The van der Waals surface area contributed by atoms with E-state index in [1.165, 1.54) is 29.9 Å². The lowest BCUT2D eigenvalue weighted by Gasteiger charge is -2.07. The Kier molecular flexibility index (Phi) is 1.05. The first kappa shape index (κ1) is 4.64. The molecule has 0 fully saturated rings. The summed E-state index contributed by atoms with van der Waals surface area (Å²) in [4.78, 5) is 11.9.